The van der Waals surface area contributed by atoms with E-state index in [-0.39, 0.29) is 35.3 Å². The summed E-state index contributed by atoms with van der Waals surface area (Å²) in [5.74, 6) is 0.150. The van der Waals surface area contributed by atoms with E-state index in [2.05, 4.69) is 0 Å². The molecule has 0 saturated carbocycles. The van der Waals surface area contributed by atoms with E-state index in [1.807, 2.05) is 26.8 Å². The molecule has 0 amide bonds. The minimum Gasteiger partial charge on any atom is -0.872 e. The van der Waals surface area contributed by atoms with Gasteiger partial charge in [0.15, 0.2) is 0 Å². The standard InChI is InChI=1S/C9H12O.Na/c1-6-4-7(2)8(3)9(10)5-6;/h4-5,10H,1-3H3;/q;+1/p-1. The fourth-order valence-electron chi connectivity index (χ4n) is 1.00. The molecule has 1 nitrogen and oxygen atoms in total. The van der Waals surface area contributed by atoms with Crippen molar-refractivity contribution in [3.05, 3.63) is 28.8 Å². The summed E-state index contributed by atoms with van der Waals surface area (Å²) in [6, 6.07) is 3.69. The molecule has 0 saturated heterocycles. The molecule has 0 spiro atoms. The minimum atomic E-state index is 0. The van der Waals surface area contributed by atoms with E-state index < -0.39 is 0 Å². The maximum Gasteiger partial charge on any atom is 1.00 e. The molecule has 0 fully saturated rings. The predicted octanol–water partition coefficient (Wildman–Crippen LogP) is -1.31. The summed E-state index contributed by atoms with van der Waals surface area (Å²) in [6.07, 6.45) is 0. The molecule has 0 aliphatic heterocycles. The number of benzene rings is 1. The third-order valence-electron chi connectivity index (χ3n) is 1.76. The van der Waals surface area contributed by atoms with Crippen molar-refractivity contribution in [1.29, 1.82) is 0 Å². The largest absolute Gasteiger partial charge is 1.00 e. The van der Waals surface area contributed by atoms with Crippen molar-refractivity contribution in [2.24, 2.45) is 0 Å². The predicted molar refractivity (Wildman–Crippen MR) is 40.1 cm³/mol. The monoisotopic (exact) mass is 158 g/mol. The maximum absolute atomic E-state index is 11.1. The second kappa shape index (κ2) is 4.15. The van der Waals surface area contributed by atoms with Gasteiger partial charge >= 0.3 is 29.6 Å². The van der Waals surface area contributed by atoms with Gasteiger partial charge in [0.1, 0.15) is 0 Å². The van der Waals surface area contributed by atoms with E-state index in [1.165, 1.54) is 0 Å². The first-order valence-corrected chi connectivity index (χ1v) is 3.36. The molecule has 54 valence electrons. The van der Waals surface area contributed by atoms with Crippen LogP contribution in [-0.2, 0) is 0 Å². The van der Waals surface area contributed by atoms with Crippen LogP contribution in [0.2, 0.25) is 0 Å². The Kier molecular flexibility index (Phi) is 4.16. The van der Waals surface area contributed by atoms with Gasteiger partial charge in [-0.3, -0.25) is 0 Å². The normalized spacial score (nSPS) is 9.00. The van der Waals surface area contributed by atoms with Gasteiger partial charge < -0.3 is 5.11 Å². The molecule has 0 N–H and O–H groups in total. The van der Waals surface area contributed by atoms with Crippen LogP contribution in [0.5, 0.6) is 5.75 Å². The van der Waals surface area contributed by atoms with Crippen molar-refractivity contribution in [3.8, 4) is 5.75 Å². The third kappa shape index (κ3) is 2.51. The van der Waals surface area contributed by atoms with Crippen LogP contribution in [-0.4, -0.2) is 0 Å². The summed E-state index contributed by atoms with van der Waals surface area (Å²) >= 11 is 0. The van der Waals surface area contributed by atoms with E-state index >= 15 is 0 Å². The first-order valence-electron chi connectivity index (χ1n) is 3.36. The molecule has 1 aromatic rings. The van der Waals surface area contributed by atoms with Crippen LogP contribution in [0.4, 0.5) is 0 Å². The summed E-state index contributed by atoms with van der Waals surface area (Å²) in [5, 5.41) is 11.1. The average Bonchev–Trinajstić information content (AvgIpc) is 1.82. The van der Waals surface area contributed by atoms with Crippen molar-refractivity contribution in [3.63, 3.8) is 0 Å². The minimum absolute atomic E-state index is 0. The molecule has 1 rings (SSSR count). The zero-order chi connectivity index (χ0) is 7.72. The van der Waals surface area contributed by atoms with Gasteiger partial charge in [-0.1, -0.05) is 23.3 Å². The Morgan fingerprint density at radius 2 is 1.64 bits per heavy atom. The molecule has 11 heavy (non-hydrogen) atoms. The van der Waals surface area contributed by atoms with E-state index in [0.29, 0.717) is 0 Å². The van der Waals surface area contributed by atoms with Gasteiger partial charge in [-0.05, 0) is 26.3 Å². The zero-order valence-electron chi connectivity index (χ0n) is 7.56. The Labute approximate surface area is 89.7 Å². The Morgan fingerprint density at radius 1 is 1.09 bits per heavy atom. The molecular weight excluding hydrogens is 147 g/mol. The summed E-state index contributed by atoms with van der Waals surface area (Å²) < 4.78 is 0. The SMILES string of the molecule is Cc1cc(C)c(C)c([O-])c1.[Na+]. The van der Waals surface area contributed by atoms with Crippen molar-refractivity contribution in [2.45, 2.75) is 20.8 Å². The van der Waals surface area contributed by atoms with Gasteiger partial charge in [-0.2, -0.15) is 0 Å². The first-order chi connectivity index (χ1) is 4.61. The number of aryl methyl sites for hydroxylation is 2. The Bertz CT molecular complexity index is 233. The molecule has 0 heterocycles. The van der Waals surface area contributed by atoms with E-state index in [0.717, 1.165) is 16.7 Å². The summed E-state index contributed by atoms with van der Waals surface area (Å²) in [4.78, 5) is 0. The second-order valence-corrected chi connectivity index (χ2v) is 2.70. The van der Waals surface area contributed by atoms with Crippen LogP contribution >= 0.6 is 0 Å². The summed E-state index contributed by atoms with van der Waals surface area (Å²) in [5.41, 5.74) is 3.00. The first kappa shape index (κ1) is 11.0. The Morgan fingerprint density at radius 3 is 2.09 bits per heavy atom. The third-order valence-corrected chi connectivity index (χ3v) is 1.76. The van der Waals surface area contributed by atoms with Gasteiger partial charge in [0.2, 0.25) is 0 Å². The summed E-state index contributed by atoms with van der Waals surface area (Å²) in [6.45, 7) is 5.76. The number of hydrogen-bond donors (Lipinski definition) is 0. The van der Waals surface area contributed by atoms with Crippen molar-refractivity contribution >= 4 is 0 Å². The fraction of sp³-hybridized carbons (Fsp3) is 0.333. The van der Waals surface area contributed by atoms with Crippen LogP contribution < -0.4 is 34.7 Å². The fourth-order valence-corrected chi connectivity index (χ4v) is 1.00. The van der Waals surface area contributed by atoms with E-state index in [4.69, 9.17) is 0 Å². The Hall–Kier alpha value is 0.0200. The molecule has 0 atom stereocenters. The van der Waals surface area contributed by atoms with Crippen molar-refractivity contribution in [2.75, 3.05) is 0 Å². The van der Waals surface area contributed by atoms with Gasteiger partial charge in [0.25, 0.3) is 0 Å². The van der Waals surface area contributed by atoms with Crippen LogP contribution in [0.25, 0.3) is 0 Å². The smallest absolute Gasteiger partial charge is 0.872 e. The average molecular weight is 158 g/mol. The van der Waals surface area contributed by atoms with Gasteiger partial charge in [-0.25, -0.2) is 0 Å². The van der Waals surface area contributed by atoms with Crippen molar-refractivity contribution < 1.29 is 34.7 Å². The van der Waals surface area contributed by atoms with Crippen LogP contribution in [0.15, 0.2) is 12.1 Å². The van der Waals surface area contributed by atoms with E-state index in [1.54, 1.807) is 6.07 Å². The Balaban J connectivity index is 0.000001000. The van der Waals surface area contributed by atoms with Crippen LogP contribution in [0.3, 0.4) is 0 Å². The molecule has 0 bridgehead atoms. The molecule has 0 radical (unpaired) electrons. The summed E-state index contributed by atoms with van der Waals surface area (Å²) in [7, 11) is 0. The molecule has 1 aromatic carbocycles. The number of rotatable bonds is 0. The molecule has 0 aliphatic carbocycles. The molecule has 0 aliphatic rings. The van der Waals surface area contributed by atoms with Gasteiger partial charge in [0.05, 0.1) is 0 Å². The topological polar surface area (TPSA) is 23.1 Å². The molecular formula is C9H11NaO. The second-order valence-electron chi connectivity index (χ2n) is 2.70. The van der Waals surface area contributed by atoms with Crippen LogP contribution in [0.1, 0.15) is 16.7 Å². The zero-order valence-corrected chi connectivity index (χ0v) is 9.56. The number of hydrogen-bond acceptors (Lipinski definition) is 1. The van der Waals surface area contributed by atoms with Gasteiger partial charge in [-0.15, -0.1) is 5.75 Å². The molecule has 2 heteroatoms. The molecule has 0 unspecified atom stereocenters. The van der Waals surface area contributed by atoms with Crippen LogP contribution in [0, 0.1) is 20.8 Å². The van der Waals surface area contributed by atoms with Crippen molar-refractivity contribution in [1.82, 2.24) is 0 Å². The van der Waals surface area contributed by atoms with E-state index in [9.17, 15) is 5.11 Å². The quantitative estimate of drug-likeness (QED) is 0.430. The maximum atomic E-state index is 11.1. The van der Waals surface area contributed by atoms with Gasteiger partial charge in [0, 0.05) is 0 Å². The molecule has 0 aromatic heterocycles.